The van der Waals surface area contributed by atoms with E-state index in [9.17, 15) is 4.39 Å². The number of aliphatic hydroxyl groups excluding tert-OH is 1. The van der Waals surface area contributed by atoms with Gasteiger partial charge in [-0.1, -0.05) is 0 Å². The molecular weight excluding hydrogens is 187 g/mol. The second-order valence-electron chi connectivity index (χ2n) is 2.67. The minimum atomic E-state index is -0.524. The van der Waals surface area contributed by atoms with Crippen molar-refractivity contribution in [3.63, 3.8) is 0 Å². The number of rotatable bonds is 5. The fraction of sp³-hybridized carbons (Fsp3) is 0.400. The van der Waals surface area contributed by atoms with E-state index in [1.54, 1.807) is 18.2 Å². The number of benzene rings is 1. The van der Waals surface area contributed by atoms with E-state index in [4.69, 9.17) is 14.6 Å². The Kier molecular flexibility index (Phi) is 4.19. The molecule has 0 saturated carbocycles. The molecule has 0 radical (unpaired) electrons. The maximum absolute atomic E-state index is 11.8. The third-order valence-electron chi connectivity index (χ3n) is 1.77. The summed E-state index contributed by atoms with van der Waals surface area (Å²) < 4.78 is 21.9. The van der Waals surface area contributed by atoms with E-state index >= 15 is 0 Å². The average Bonchev–Trinajstić information content (AvgIpc) is 2.25. The number of methoxy groups -OCH3 is 1. The van der Waals surface area contributed by atoms with E-state index in [0.717, 1.165) is 0 Å². The lowest BCUT2D eigenvalue weighted by Crippen LogP contribution is -2.00. The highest BCUT2D eigenvalue weighted by molar-refractivity contribution is 5.40. The van der Waals surface area contributed by atoms with Crippen LogP contribution in [0.3, 0.4) is 0 Å². The normalized spacial score (nSPS) is 9.93. The number of halogens is 1. The first-order chi connectivity index (χ1) is 6.81. The van der Waals surface area contributed by atoms with Gasteiger partial charge < -0.3 is 14.6 Å². The second kappa shape index (κ2) is 5.44. The topological polar surface area (TPSA) is 38.7 Å². The molecule has 0 aliphatic heterocycles. The van der Waals surface area contributed by atoms with Crippen molar-refractivity contribution >= 4 is 0 Å². The van der Waals surface area contributed by atoms with Gasteiger partial charge in [0.15, 0.2) is 0 Å². The molecule has 0 spiro atoms. The van der Waals surface area contributed by atoms with E-state index < -0.39 is 6.67 Å². The number of ether oxygens (including phenoxy) is 2. The van der Waals surface area contributed by atoms with Crippen molar-refractivity contribution in [1.82, 2.24) is 0 Å². The molecule has 0 unspecified atom stereocenters. The van der Waals surface area contributed by atoms with Gasteiger partial charge in [-0.2, -0.15) is 0 Å². The van der Waals surface area contributed by atoms with Crippen LogP contribution in [-0.2, 0) is 6.61 Å². The molecule has 14 heavy (non-hydrogen) atoms. The standard InChI is InChI=1S/C10H13FO3/c1-13-10-6-9(14-5-4-11)3-2-8(10)7-12/h2-3,6,12H,4-5,7H2,1H3. The fourth-order valence-electron chi connectivity index (χ4n) is 1.10. The van der Waals surface area contributed by atoms with Crippen molar-refractivity contribution in [2.75, 3.05) is 20.4 Å². The second-order valence-corrected chi connectivity index (χ2v) is 2.67. The highest BCUT2D eigenvalue weighted by Crippen LogP contribution is 2.24. The first kappa shape index (κ1) is 10.8. The lowest BCUT2D eigenvalue weighted by atomic mass is 10.2. The predicted octanol–water partition coefficient (Wildman–Crippen LogP) is 1.54. The van der Waals surface area contributed by atoms with E-state index in [1.807, 2.05) is 0 Å². The monoisotopic (exact) mass is 200 g/mol. The smallest absolute Gasteiger partial charge is 0.128 e. The number of aliphatic hydroxyl groups is 1. The van der Waals surface area contributed by atoms with E-state index in [2.05, 4.69) is 0 Å². The molecule has 0 saturated heterocycles. The summed E-state index contributed by atoms with van der Waals surface area (Å²) in [4.78, 5) is 0. The molecule has 0 atom stereocenters. The maximum atomic E-state index is 11.8. The highest BCUT2D eigenvalue weighted by atomic mass is 19.1. The number of alkyl halides is 1. The van der Waals surface area contributed by atoms with Gasteiger partial charge in [0, 0.05) is 11.6 Å². The number of hydrogen-bond acceptors (Lipinski definition) is 3. The minimum absolute atomic E-state index is 0.0294. The molecule has 0 heterocycles. The Morgan fingerprint density at radius 2 is 2.21 bits per heavy atom. The van der Waals surface area contributed by atoms with Crippen molar-refractivity contribution < 1.29 is 19.0 Å². The Morgan fingerprint density at radius 3 is 2.79 bits per heavy atom. The van der Waals surface area contributed by atoms with Crippen LogP contribution in [0.2, 0.25) is 0 Å². The molecule has 1 aromatic carbocycles. The van der Waals surface area contributed by atoms with Gasteiger partial charge in [-0.25, -0.2) is 4.39 Å². The van der Waals surface area contributed by atoms with Gasteiger partial charge in [0.05, 0.1) is 13.7 Å². The summed E-state index contributed by atoms with van der Waals surface area (Å²) in [7, 11) is 1.51. The summed E-state index contributed by atoms with van der Waals surface area (Å²) >= 11 is 0. The van der Waals surface area contributed by atoms with Crippen LogP contribution >= 0.6 is 0 Å². The molecule has 78 valence electrons. The highest BCUT2D eigenvalue weighted by Gasteiger charge is 2.03. The molecule has 0 fully saturated rings. The number of hydrogen-bond donors (Lipinski definition) is 1. The van der Waals surface area contributed by atoms with Gasteiger partial charge in [0.2, 0.25) is 0 Å². The summed E-state index contributed by atoms with van der Waals surface area (Å²) in [5.74, 6) is 1.08. The Balaban J connectivity index is 2.79. The van der Waals surface area contributed by atoms with Crippen molar-refractivity contribution in [3.05, 3.63) is 23.8 Å². The van der Waals surface area contributed by atoms with Crippen LogP contribution in [0.5, 0.6) is 11.5 Å². The van der Waals surface area contributed by atoms with E-state index in [-0.39, 0.29) is 13.2 Å². The molecule has 0 amide bonds. The quantitative estimate of drug-likeness (QED) is 0.783. The molecule has 0 aliphatic carbocycles. The van der Waals surface area contributed by atoms with Crippen molar-refractivity contribution in [1.29, 1.82) is 0 Å². The van der Waals surface area contributed by atoms with Crippen molar-refractivity contribution in [2.24, 2.45) is 0 Å². The summed E-state index contributed by atoms with van der Waals surface area (Å²) in [6.07, 6.45) is 0. The maximum Gasteiger partial charge on any atom is 0.128 e. The van der Waals surface area contributed by atoms with Crippen molar-refractivity contribution in [2.45, 2.75) is 6.61 Å². The van der Waals surface area contributed by atoms with E-state index in [0.29, 0.717) is 17.1 Å². The molecule has 0 aliphatic rings. The molecule has 3 nitrogen and oxygen atoms in total. The predicted molar refractivity (Wildman–Crippen MR) is 50.4 cm³/mol. The summed E-state index contributed by atoms with van der Waals surface area (Å²) in [5, 5.41) is 8.94. The zero-order valence-electron chi connectivity index (χ0n) is 8.00. The SMILES string of the molecule is COc1cc(OCCF)ccc1CO. The van der Waals surface area contributed by atoms with Gasteiger partial charge in [0.25, 0.3) is 0 Å². The first-order valence-corrected chi connectivity index (χ1v) is 4.28. The van der Waals surface area contributed by atoms with Gasteiger partial charge >= 0.3 is 0 Å². The molecule has 4 heteroatoms. The summed E-state index contributed by atoms with van der Waals surface area (Å²) in [5.41, 5.74) is 0.681. The van der Waals surface area contributed by atoms with Crippen LogP contribution in [0.25, 0.3) is 0 Å². The summed E-state index contributed by atoms with van der Waals surface area (Å²) in [6.45, 7) is -0.585. The molecule has 0 bridgehead atoms. The zero-order valence-corrected chi connectivity index (χ0v) is 8.00. The summed E-state index contributed by atoms with van der Waals surface area (Å²) in [6, 6.07) is 4.98. The Labute approximate surface area is 82.1 Å². The lowest BCUT2D eigenvalue weighted by Gasteiger charge is -2.09. The average molecular weight is 200 g/mol. The molecule has 0 aromatic heterocycles. The van der Waals surface area contributed by atoms with Gasteiger partial charge in [-0.05, 0) is 12.1 Å². The third-order valence-corrected chi connectivity index (χ3v) is 1.77. The fourth-order valence-corrected chi connectivity index (χ4v) is 1.10. The minimum Gasteiger partial charge on any atom is -0.496 e. The van der Waals surface area contributed by atoms with Crippen LogP contribution in [0.1, 0.15) is 5.56 Å². The van der Waals surface area contributed by atoms with Crippen LogP contribution < -0.4 is 9.47 Å². The van der Waals surface area contributed by atoms with Crippen LogP contribution in [0.15, 0.2) is 18.2 Å². The third kappa shape index (κ3) is 2.60. The van der Waals surface area contributed by atoms with Crippen molar-refractivity contribution in [3.8, 4) is 11.5 Å². The van der Waals surface area contributed by atoms with Crippen LogP contribution in [0, 0.1) is 0 Å². The largest absolute Gasteiger partial charge is 0.496 e. The Bertz CT molecular complexity index is 289. The van der Waals surface area contributed by atoms with Crippen LogP contribution in [-0.4, -0.2) is 25.5 Å². The van der Waals surface area contributed by atoms with Gasteiger partial charge in [-0.15, -0.1) is 0 Å². The molecule has 1 aromatic rings. The lowest BCUT2D eigenvalue weighted by molar-refractivity contribution is 0.265. The van der Waals surface area contributed by atoms with Gasteiger partial charge in [0.1, 0.15) is 24.8 Å². The van der Waals surface area contributed by atoms with Crippen LogP contribution in [0.4, 0.5) is 4.39 Å². The molecule has 1 rings (SSSR count). The molecular formula is C10H13FO3. The molecule has 1 N–H and O–H groups in total. The Morgan fingerprint density at radius 1 is 1.43 bits per heavy atom. The zero-order chi connectivity index (χ0) is 10.4. The van der Waals surface area contributed by atoms with Gasteiger partial charge in [-0.3, -0.25) is 0 Å². The Hall–Kier alpha value is -1.29. The first-order valence-electron chi connectivity index (χ1n) is 4.28. The van der Waals surface area contributed by atoms with E-state index in [1.165, 1.54) is 7.11 Å².